The molecule has 6 nitrogen and oxygen atoms in total. The summed E-state index contributed by atoms with van der Waals surface area (Å²) in [7, 11) is 0. The molecule has 132 valence electrons. The van der Waals surface area contributed by atoms with E-state index in [0.29, 0.717) is 11.3 Å². The van der Waals surface area contributed by atoms with Crippen LogP contribution in [-0.4, -0.2) is 34.6 Å². The quantitative estimate of drug-likeness (QED) is 0.890. The van der Waals surface area contributed by atoms with E-state index in [-0.39, 0.29) is 30.5 Å². The lowest BCUT2D eigenvalue weighted by molar-refractivity contribution is -0.117. The van der Waals surface area contributed by atoms with Crippen LogP contribution in [0.15, 0.2) is 24.4 Å². The van der Waals surface area contributed by atoms with Crippen molar-refractivity contribution in [3.8, 4) is 0 Å². The summed E-state index contributed by atoms with van der Waals surface area (Å²) in [6.07, 6.45) is 1.41. The summed E-state index contributed by atoms with van der Waals surface area (Å²) in [5.41, 5.74) is 0.715. The fourth-order valence-corrected chi connectivity index (χ4v) is 2.95. The van der Waals surface area contributed by atoms with Crippen molar-refractivity contribution in [2.24, 2.45) is 0 Å². The van der Waals surface area contributed by atoms with Gasteiger partial charge in [-0.1, -0.05) is 19.9 Å². The van der Waals surface area contributed by atoms with Crippen LogP contribution >= 0.6 is 0 Å². The van der Waals surface area contributed by atoms with Gasteiger partial charge in [0.15, 0.2) is 0 Å². The van der Waals surface area contributed by atoms with E-state index < -0.39 is 23.6 Å². The number of hydrogen-bond acceptors (Lipinski definition) is 3. The summed E-state index contributed by atoms with van der Waals surface area (Å²) in [5.74, 6) is -2.34. The Labute approximate surface area is 143 Å². The molecule has 2 aromatic rings. The second-order valence-electron chi connectivity index (χ2n) is 6.30. The van der Waals surface area contributed by atoms with Gasteiger partial charge >= 0.3 is 0 Å². The third-order valence-electron chi connectivity index (χ3n) is 4.16. The molecule has 2 amide bonds. The van der Waals surface area contributed by atoms with E-state index >= 15 is 0 Å². The molecule has 1 atom stereocenters. The number of rotatable bonds is 4. The first-order valence-electron chi connectivity index (χ1n) is 7.97. The molecule has 1 fully saturated rings. The number of nitrogens with one attached hydrogen (secondary N) is 2. The number of nitrogens with zero attached hydrogens (tertiary/aromatic N) is 2. The second-order valence-corrected chi connectivity index (χ2v) is 6.30. The van der Waals surface area contributed by atoms with Gasteiger partial charge in [-0.05, 0) is 18.1 Å². The van der Waals surface area contributed by atoms with Crippen molar-refractivity contribution in [3.05, 3.63) is 47.3 Å². The summed E-state index contributed by atoms with van der Waals surface area (Å²) in [5, 5.41) is 9.40. The number of benzene rings is 1. The molecule has 1 aliphatic rings. The first-order valence-corrected chi connectivity index (χ1v) is 7.97. The number of aromatic amines is 1. The molecule has 1 aromatic carbocycles. The van der Waals surface area contributed by atoms with E-state index in [9.17, 15) is 18.4 Å². The van der Waals surface area contributed by atoms with Crippen molar-refractivity contribution in [1.82, 2.24) is 15.5 Å². The Balaban J connectivity index is 1.75. The van der Waals surface area contributed by atoms with Crippen molar-refractivity contribution >= 4 is 17.5 Å². The molecular formula is C17H18F2N4O2. The van der Waals surface area contributed by atoms with E-state index in [0.717, 1.165) is 17.0 Å². The summed E-state index contributed by atoms with van der Waals surface area (Å²) >= 11 is 0. The van der Waals surface area contributed by atoms with E-state index in [2.05, 4.69) is 15.5 Å². The molecule has 0 unspecified atom stereocenters. The minimum Gasteiger partial charge on any atom is -0.347 e. The fraction of sp³-hybridized carbons (Fsp3) is 0.353. The van der Waals surface area contributed by atoms with Gasteiger partial charge in [0, 0.05) is 13.0 Å². The van der Waals surface area contributed by atoms with Crippen molar-refractivity contribution in [2.45, 2.75) is 32.2 Å². The zero-order valence-corrected chi connectivity index (χ0v) is 13.8. The predicted octanol–water partition coefficient (Wildman–Crippen LogP) is 2.35. The molecule has 0 aliphatic carbocycles. The van der Waals surface area contributed by atoms with Crippen LogP contribution in [0.2, 0.25) is 0 Å². The number of aromatic nitrogens is 2. The maximum absolute atomic E-state index is 13.9. The lowest BCUT2D eigenvalue weighted by Crippen LogP contribution is -2.37. The van der Waals surface area contributed by atoms with Crippen LogP contribution in [-0.2, 0) is 4.79 Å². The van der Waals surface area contributed by atoms with Crippen LogP contribution in [0.3, 0.4) is 0 Å². The third-order valence-corrected chi connectivity index (χ3v) is 4.16. The molecule has 2 N–H and O–H groups in total. The molecule has 1 aliphatic heterocycles. The van der Waals surface area contributed by atoms with Gasteiger partial charge in [0.05, 0.1) is 23.5 Å². The maximum Gasteiger partial charge on any atom is 0.255 e. The van der Waals surface area contributed by atoms with Crippen molar-refractivity contribution in [1.29, 1.82) is 0 Å². The van der Waals surface area contributed by atoms with Gasteiger partial charge in [0.2, 0.25) is 5.91 Å². The van der Waals surface area contributed by atoms with Gasteiger partial charge < -0.3 is 10.2 Å². The van der Waals surface area contributed by atoms with E-state index in [1.54, 1.807) is 0 Å². The summed E-state index contributed by atoms with van der Waals surface area (Å²) < 4.78 is 27.8. The average Bonchev–Trinajstić information content (AvgIpc) is 3.15. The minimum absolute atomic E-state index is 0.0112. The summed E-state index contributed by atoms with van der Waals surface area (Å²) in [6.45, 7) is 3.86. The number of carbonyl (C=O) groups is 2. The molecule has 0 bridgehead atoms. The SMILES string of the molecule is CC(C)c1[nH]ncc1C(=O)N[C@H]1CC(=O)N(c2c(F)cccc2F)C1. The Morgan fingerprint density at radius 3 is 2.68 bits per heavy atom. The van der Waals surface area contributed by atoms with Crippen LogP contribution in [0.4, 0.5) is 14.5 Å². The molecule has 0 saturated carbocycles. The lowest BCUT2D eigenvalue weighted by Gasteiger charge is -2.18. The zero-order chi connectivity index (χ0) is 18.1. The standard InChI is InChI=1S/C17H18F2N4O2/c1-9(2)15-11(7-20-22-15)17(25)21-10-6-14(24)23(8-10)16-12(18)4-3-5-13(16)19/h3-5,7,9-10H,6,8H2,1-2H3,(H,20,22)(H,21,25)/t10-/m0/s1. The van der Waals surface area contributed by atoms with Crippen LogP contribution in [0.1, 0.15) is 42.2 Å². The molecule has 2 heterocycles. The Kier molecular flexibility index (Phi) is 4.52. The highest BCUT2D eigenvalue weighted by atomic mass is 19.1. The van der Waals surface area contributed by atoms with Gasteiger partial charge in [-0.2, -0.15) is 5.10 Å². The van der Waals surface area contributed by atoms with E-state index in [1.165, 1.54) is 12.3 Å². The predicted molar refractivity (Wildman–Crippen MR) is 87.3 cm³/mol. The molecule has 25 heavy (non-hydrogen) atoms. The third kappa shape index (κ3) is 3.24. The number of H-pyrrole nitrogens is 1. The Hall–Kier alpha value is -2.77. The zero-order valence-electron chi connectivity index (χ0n) is 13.8. The largest absolute Gasteiger partial charge is 0.347 e. The maximum atomic E-state index is 13.9. The molecule has 1 saturated heterocycles. The fourth-order valence-electron chi connectivity index (χ4n) is 2.95. The highest BCUT2D eigenvalue weighted by Gasteiger charge is 2.35. The Bertz CT molecular complexity index is 798. The summed E-state index contributed by atoms with van der Waals surface area (Å²) in [4.78, 5) is 25.6. The summed E-state index contributed by atoms with van der Waals surface area (Å²) in [6, 6.07) is 2.89. The number of carbonyl (C=O) groups excluding carboxylic acids is 2. The van der Waals surface area contributed by atoms with Gasteiger partial charge in [-0.15, -0.1) is 0 Å². The first-order chi connectivity index (χ1) is 11.9. The van der Waals surface area contributed by atoms with Gasteiger partial charge in [0.1, 0.15) is 17.3 Å². The van der Waals surface area contributed by atoms with Crippen molar-refractivity contribution in [2.75, 3.05) is 11.4 Å². The number of para-hydroxylation sites is 1. The molecule has 3 rings (SSSR count). The van der Waals surface area contributed by atoms with Gasteiger partial charge in [-0.3, -0.25) is 14.7 Å². The number of anilines is 1. The smallest absolute Gasteiger partial charge is 0.255 e. The molecule has 1 aromatic heterocycles. The van der Waals surface area contributed by atoms with Crippen molar-refractivity contribution < 1.29 is 18.4 Å². The van der Waals surface area contributed by atoms with Gasteiger partial charge in [0.25, 0.3) is 5.91 Å². The van der Waals surface area contributed by atoms with Crippen LogP contribution < -0.4 is 10.2 Å². The highest BCUT2D eigenvalue weighted by Crippen LogP contribution is 2.27. The first kappa shape index (κ1) is 17.1. The topological polar surface area (TPSA) is 78.1 Å². The van der Waals surface area contributed by atoms with E-state index in [1.807, 2.05) is 13.8 Å². The molecule has 8 heteroatoms. The number of halogens is 2. The number of hydrogen-bond donors (Lipinski definition) is 2. The highest BCUT2D eigenvalue weighted by molar-refractivity contribution is 5.99. The number of amides is 2. The van der Waals surface area contributed by atoms with Gasteiger partial charge in [-0.25, -0.2) is 8.78 Å². The average molecular weight is 348 g/mol. The second kappa shape index (κ2) is 6.62. The van der Waals surface area contributed by atoms with E-state index in [4.69, 9.17) is 0 Å². The van der Waals surface area contributed by atoms with Crippen LogP contribution in [0.5, 0.6) is 0 Å². The molecular weight excluding hydrogens is 330 g/mol. The van der Waals surface area contributed by atoms with Crippen LogP contribution in [0, 0.1) is 11.6 Å². The monoisotopic (exact) mass is 348 g/mol. The minimum atomic E-state index is -0.808. The molecule has 0 spiro atoms. The Morgan fingerprint density at radius 2 is 2.04 bits per heavy atom. The lowest BCUT2D eigenvalue weighted by atomic mass is 10.1. The normalized spacial score (nSPS) is 17.4. The Morgan fingerprint density at radius 1 is 1.36 bits per heavy atom. The van der Waals surface area contributed by atoms with Crippen LogP contribution in [0.25, 0.3) is 0 Å². The van der Waals surface area contributed by atoms with Crippen molar-refractivity contribution in [3.63, 3.8) is 0 Å². The molecule has 0 radical (unpaired) electrons.